The van der Waals surface area contributed by atoms with Gasteiger partial charge in [-0.05, 0) is 31.6 Å². The van der Waals surface area contributed by atoms with Crippen molar-refractivity contribution >= 4 is 0 Å². The molecule has 0 aromatic carbocycles. The van der Waals surface area contributed by atoms with E-state index in [0.29, 0.717) is 5.92 Å². The van der Waals surface area contributed by atoms with Gasteiger partial charge in [-0.3, -0.25) is 0 Å². The highest BCUT2D eigenvalue weighted by Crippen LogP contribution is 2.27. The molecular weight excluding hydrogens is 122 g/mol. The standard InChI is InChI=1S/C9H17N/c1-3-8-6-4-5-7(2)9(8)10/h7H,3-6,10H2,1-2H3. The summed E-state index contributed by atoms with van der Waals surface area (Å²) in [6.07, 6.45) is 5.02. The molecule has 0 amide bonds. The Morgan fingerprint density at radius 1 is 1.60 bits per heavy atom. The first-order valence-corrected chi connectivity index (χ1v) is 4.23. The Morgan fingerprint density at radius 2 is 2.30 bits per heavy atom. The Kier molecular flexibility index (Phi) is 2.36. The molecule has 0 heterocycles. The minimum Gasteiger partial charge on any atom is -0.402 e. The van der Waals surface area contributed by atoms with Gasteiger partial charge < -0.3 is 5.73 Å². The van der Waals surface area contributed by atoms with Crippen LogP contribution in [0.15, 0.2) is 11.3 Å². The normalized spacial score (nSPS) is 27.2. The van der Waals surface area contributed by atoms with E-state index >= 15 is 0 Å². The summed E-state index contributed by atoms with van der Waals surface area (Å²) in [6, 6.07) is 0. The highest BCUT2D eigenvalue weighted by Gasteiger charge is 2.14. The van der Waals surface area contributed by atoms with Gasteiger partial charge in [-0.1, -0.05) is 19.4 Å². The van der Waals surface area contributed by atoms with E-state index in [2.05, 4.69) is 13.8 Å². The third-order valence-electron chi connectivity index (χ3n) is 2.48. The van der Waals surface area contributed by atoms with Gasteiger partial charge in [0, 0.05) is 5.70 Å². The quantitative estimate of drug-likeness (QED) is 0.593. The highest BCUT2D eigenvalue weighted by molar-refractivity contribution is 5.15. The Labute approximate surface area is 63.3 Å². The average molecular weight is 139 g/mol. The second kappa shape index (κ2) is 3.09. The van der Waals surface area contributed by atoms with Crippen molar-refractivity contribution in [1.29, 1.82) is 0 Å². The summed E-state index contributed by atoms with van der Waals surface area (Å²) in [4.78, 5) is 0. The smallest absolute Gasteiger partial charge is 0.0101 e. The molecule has 0 saturated carbocycles. The SMILES string of the molecule is CCC1=C(N)C(C)CCC1. The molecule has 0 radical (unpaired) electrons. The molecule has 0 fully saturated rings. The van der Waals surface area contributed by atoms with Gasteiger partial charge in [-0.25, -0.2) is 0 Å². The summed E-state index contributed by atoms with van der Waals surface area (Å²) in [5, 5.41) is 0. The van der Waals surface area contributed by atoms with Crippen molar-refractivity contribution in [2.45, 2.75) is 39.5 Å². The van der Waals surface area contributed by atoms with E-state index in [1.807, 2.05) is 0 Å². The van der Waals surface area contributed by atoms with E-state index in [4.69, 9.17) is 5.73 Å². The van der Waals surface area contributed by atoms with Gasteiger partial charge in [0.05, 0.1) is 0 Å². The van der Waals surface area contributed by atoms with Crippen molar-refractivity contribution in [1.82, 2.24) is 0 Å². The van der Waals surface area contributed by atoms with Gasteiger partial charge >= 0.3 is 0 Å². The van der Waals surface area contributed by atoms with Crippen LogP contribution in [0.2, 0.25) is 0 Å². The van der Waals surface area contributed by atoms with E-state index in [1.54, 1.807) is 0 Å². The zero-order valence-corrected chi connectivity index (χ0v) is 6.98. The van der Waals surface area contributed by atoms with Crippen LogP contribution in [-0.2, 0) is 0 Å². The summed E-state index contributed by atoms with van der Waals surface area (Å²) >= 11 is 0. The lowest BCUT2D eigenvalue weighted by atomic mass is 9.87. The Hall–Kier alpha value is -0.460. The minimum absolute atomic E-state index is 0.642. The van der Waals surface area contributed by atoms with Crippen LogP contribution in [0.25, 0.3) is 0 Å². The fourth-order valence-electron chi connectivity index (χ4n) is 1.65. The second-order valence-electron chi connectivity index (χ2n) is 3.21. The van der Waals surface area contributed by atoms with Crippen molar-refractivity contribution in [3.63, 3.8) is 0 Å². The highest BCUT2D eigenvalue weighted by atomic mass is 14.6. The van der Waals surface area contributed by atoms with E-state index in [-0.39, 0.29) is 0 Å². The van der Waals surface area contributed by atoms with Gasteiger partial charge in [0.1, 0.15) is 0 Å². The number of hydrogen-bond donors (Lipinski definition) is 1. The first-order chi connectivity index (χ1) is 4.75. The van der Waals surface area contributed by atoms with Crippen LogP contribution in [0.1, 0.15) is 39.5 Å². The van der Waals surface area contributed by atoms with Gasteiger partial charge in [0.25, 0.3) is 0 Å². The summed E-state index contributed by atoms with van der Waals surface area (Å²) in [5.74, 6) is 0.642. The summed E-state index contributed by atoms with van der Waals surface area (Å²) < 4.78 is 0. The molecule has 58 valence electrons. The molecule has 0 aromatic heterocycles. The number of hydrogen-bond acceptors (Lipinski definition) is 1. The molecule has 0 spiro atoms. The van der Waals surface area contributed by atoms with Crippen LogP contribution in [0.5, 0.6) is 0 Å². The van der Waals surface area contributed by atoms with Crippen LogP contribution in [0.3, 0.4) is 0 Å². The molecule has 0 aliphatic heterocycles. The second-order valence-corrected chi connectivity index (χ2v) is 3.21. The van der Waals surface area contributed by atoms with E-state index in [0.717, 1.165) is 6.42 Å². The molecule has 1 nitrogen and oxygen atoms in total. The molecule has 1 aliphatic carbocycles. The maximum absolute atomic E-state index is 5.91. The fourth-order valence-corrected chi connectivity index (χ4v) is 1.65. The molecule has 1 aliphatic rings. The summed E-state index contributed by atoms with van der Waals surface area (Å²) in [5.41, 5.74) is 8.59. The molecular formula is C9H17N. The first-order valence-electron chi connectivity index (χ1n) is 4.23. The Balaban J connectivity index is 2.72. The van der Waals surface area contributed by atoms with Gasteiger partial charge in [0.15, 0.2) is 0 Å². The Morgan fingerprint density at radius 3 is 2.80 bits per heavy atom. The van der Waals surface area contributed by atoms with Crippen LogP contribution in [-0.4, -0.2) is 0 Å². The predicted octanol–water partition coefficient (Wildman–Crippen LogP) is 2.43. The molecule has 1 unspecified atom stereocenters. The van der Waals surface area contributed by atoms with Crippen LogP contribution >= 0.6 is 0 Å². The van der Waals surface area contributed by atoms with Gasteiger partial charge in [0.2, 0.25) is 0 Å². The number of allylic oxidation sites excluding steroid dienone is 2. The van der Waals surface area contributed by atoms with E-state index in [1.165, 1.54) is 30.5 Å². The van der Waals surface area contributed by atoms with Gasteiger partial charge in [-0.15, -0.1) is 0 Å². The van der Waals surface area contributed by atoms with E-state index in [9.17, 15) is 0 Å². The molecule has 1 rings (SSSR count). The maximum Gasteiger partial charge on any atom is 0.0101 e. The fraction of sp³-hybridized carbons (Fsp3) is 0.778. The lowest BCUT2D eigenvalue weighted by Gasteiger charge is -2.22. The molecule has 1 atom stereocenters. The molecule has 0 saturated heterocycles. The zero-order chi connectivity index (χ0) is 7.56. The third-order valence-corrected chi connectivity index (χ3v) is 2.48. The van der Waals surface area contributed by atoms with Gasteiger partial charge in [-0.2, -0.15) is 0 Å². The number of nitrogens with two attached hydrogens (primary N) is 1. The van der Waals surface area contributed by atoms with Crippen LogP contribution < -0.4 is 5.73 Å². The molecule has 0 aromatic rings. The average Bonchev–Trinajstić information content (AvgIpc) is 1.95. The first kappa shape index (κ1) is 7.64. The lowest BCUT2D eigenvalue weighted by Crippen LogP contribution is -2.15. The molecule has 2 N–H and O–H groups in total. The van der Waals surface area contributed by atoms with Crippen molar-refractivity contribution in [3.8, 4) is 0 Å². The predicted molar refractivity (Wildman–Crippen MR) is 44.5 cm³/mol. The molecule has 10 heavy (non-hydrogen) atoms. The maximum atomic E-state index is 5.91. The minimum atomic E-state index is 0.642. The molecule has 0 bridgehead atoms. The monoisotopic (exact) mass is 139 g/mol. The Bertz CT molecular complexity index is 147. The topological polar surface area (TPSA) is 26.0 Å². The zero-order valence-electron chi connectivity index (χ0n) is 6.98. The van der Waals surface area contributed by atoms with Crippen molar-refractivity contribution in [2.75, 3.05) is 0 Å². The van der Waals surface area contributed by atoms with Crippen molar-refractivity contribution in [3.05, 3.63) is 11.3 Å². The summed E-state index contributed by atoms with van der Waals surface area (Å²) in [6.45, 7) is 4.42. The largest absolute Gasteiger partial charge is 0.402 e. The van der Waals surface area contributed by atoms with Crippen molar-refractivity contribution in [2.24, 2.45) is 11.7 Å². The van der Waals surface area contributed by atoms with Crippen LogP contribution in [0, 0.1) is 5.92 Å². The van der Waals surface area contributed by atoms with E-state index < -0.39 is 0 Å². The summed E-state index contributed by atoms with van der Waals surface area (Å²) in [7, 11) is 0. The third kappa shape index (κ3) is 1.34. The number of rotatable bonds is 1. The molecule has 1 heteroatoms. The van der Waals surface area contributed by atoms with Crippen LogP contribution in [0.4, 0.5) is 0 Å². The van der Waals surface area contributed by atoms with Crippen molar-refractivity contribution < 1.29 is 0 Å². The lowest BCUT2D eigenvalue weighted by molar-refractivity contribution is 0.522.